The van der Waals surface area contributed by atoms with Crippen LogP contribution < -0.4 is 0 Å². The Bertz CT molecular complexity index is 630. The van der Waals surface area contributed by atoms with Gasteiger partial charge in [0.25, 0.3) is 0 Å². The fraction of sp³-hybridized carbons (Fsp3) is 0.500. The maximum atomic E-state index is 11.4. The van der Waals surface area contributed by atoms with Gasteiger partial charge in [-0.05, 0) is 45.1 Å². The highest BCUT2D eigenvalue weighted by Crippen LogP contribution is 2.21. The van der Waals surface area contributed by atoms with E-state index < -0.39 is 5.97 Å². The maximum Gasteiger partial charge on any atom is 0.337 e. The lowest BCUT2D eigenvalue weighted by molar-refractivity contribution is 0.0698. The summed E-state index contributed by atoms with van der Waals surface area (Å²) < 4.78 is 2.03. The molecular formula is C16H23N3O2. The van der Waals surface area contributed by atoms with Crippen molar-refractivity contribution in [3.63, 3.8) is 0 Å². The molecule has 0 amide bonds. The summed E-state index contributed by atoms with van der Waals surface area (Å²) in [6.07, 6.45) is 0.988. The Kier molecular flexibility index (Phi) is 4.96. The van der Waals surface area contributed by atoms with Gasteiger partial charge in [-0.3, -0.25) is 0 Å². The van der Waals surface area contributed by atoms with Gasteiger partial charge in [0.15, 0.2) is 0 Å². The molecule has 2 rings (SSSR count). The van der Waals surface area contributed by atoms with Crippen LogP contribution in [0.2, 0.25) is 0 Å². The SMILES string of the molecule is CCN(CC)CCCn1c(C)nc2cccc(C(=O)O)c21. The Morgan fingerprint density at radius 3 is 2.67 bits per heavy atom. The highest BCUT2D eigenvalue weighted by atomic mass is 16.4. The Morgan fingerprint density at radius 1 is 1.33 bits per heavy atom. The van der Waals surface area contributed by atoms with Crippen LogP contribution in [-0.4, -0.2) is 45.2 Å². The summed E-state index contributed by atoms with van der Waals surface area (Å²) in [6, 6.07) is 5.26. The second-order valence-corrected chi connectivity index (χ2v) is 5.17. The number of hydrogen-bond donors (Lipinski definition) is 1. The van der Waals surface area contributed by atoms with Gasteiger partial charge in [-0.1, -0.05) is 19.9 Å². The van der Waals surface area contributed by atoms with Crippen LogP contribution in [0.5, 0.6) is 0 Å². The molecule has 0 spiro atoms. The highest BCUT2D eigenvalue weighted by molar-refractivity contribution is 6.01. The van der Waals surface area contributed by atoms with E-state index >= 15 is 0 Å². The average Bonchev–Trinajstić information content (AvgIpc) is 2.79. The van der Waals surface area contributed by atoms with E-state index in [0.717, 1.165) is 49.5 Å². The molecule has 0 unspecified atom stereocenters. The maximum absolute atomic E-state index is 11.4. The van der Waals surface area contributed by atoms with E-state index in [-0.39, 0.29) is 0 Å². The number of aryl methyl sites for hydroxylation is 2. The van der Waals surface area contributed by atoms with Crippen molar-refractivity contribution in [2.45, 2.75) is 33.7 Å². The summed E-state index contributed by atoms with van der Waals surface area (Å²) in [5.74, 6) is -0.0243. The van der Waals surface area contributed by atoms with Gasteiger partial charge in [0.1, 0.15) is 5.82 Å². The third-order valence-electron chi connectivity index (χ3n) is 3.94. The first-order chi connectivity index (χ1) is 10.1. The lowest BCUT2D eigenvalue weighted by atomic mass is 10.2. The number of fused-ring (bicyclic) bond motifs is 1. The molecule has 1 aromatic carbocycles. The van der Waals surface area contributed by atoms with Gasteiger partial charge in [0, 0.05) is 6.54 Å². The van der Waals surface area contributed by atoms with E-state index in [9.17, 15) is 9.90 Å². The normalized spacial score (nSPS) is 11.4. The van der Waals surface area contributed by atoms with Crippen LogP contribution in [-0.2, 0) is 6.54 Å². The smallest absolute Gasteiger partial charge is 0.337 e. The average molecular weight is 289 g/mol. The van der Waals surface area contributed by atoms with Crippen molar-refractivity contribution in [2.75, 3.05) is 19.6 Å². The molecular weight excluding hydrogens is 266 g/mol. The van der Waals surface area contributed by atoms with E-state index in [1.807, 2.05) is 17.6 Å². The number of rotatable bonds is 7. The summed E-state index contributed by atoms with van der Waals surface area (Å²) in [7, 11) is 0. The van der Waals surface area contributed by atoms with Crippen molar-refractivity contribution in [1.82, 2.24) is 14.5 Å². The first-order valence-corrected chi connectivity index (χ1v) is 7.50. The molecule has 0 bridgehead atoms. The minimum atomic E-state index is -0.898. The largest absolute Gasteiger partial charge is 0.478 e. The fourth-order valence-electron chi connectivity index (χ4n) is 2.74. The van der Waals surface area contributed by atoms with E-state index in [0.29, 0.717) is 5.56 Å². The molecule has 0 aliphatic heterocycles. The molecule has 5 heteroatoms. The Balaban J connectivity index is 2.26. The molecule has 0 aliphatic rings. The molecule has 0 atom stereocenters. The van der Waals surface area contributed by atoms with Gasteiger partial charge < -0.3 is 14.6 Å². The second kappa shape index (κ2) is 6.72. The van der Waals surface area contributed by atoms with Gasteiger partial charge in [-0.25, -0.2) is 9.78 Å². The number of hydrogen-bond acceptors (Lipinski definition) is 3. The number of imidazole rings is 1. The van der Waals surface area contributed by atoms with Crippen LogP contribution in [0, 0.1) is 6.92 Å². The summed E-state index contributed by atoms with van der Waals surface area (Å²) >= 11 is 0. The molecule has 1 N–H and O–H groups in total. The second-order valence-electron chi connectivity index (χ2n) is 5.17. The molecule has 114 valence electrons. The molecule has 0 saturated heterocycles. The van der Waals surface area contributed by atoms with Crippen LogP contribution in [0.25, 0.3) is 11.0 Å². The van der Waals surface area contributed by atoms with Crippen LogP contribution >= 0.6 is 0 Å². The van der Waals surface area contributed by atoms with Crippen LogP contribution in [0.15, 0.2) is 18.2 Å². The van der Waals surface area contributed by atoms with E-state index in [4.69, 9.17) is 0 Å². The zero-order chi connectivity index (χ0) is 15.4. The molecule has 2 aromatic rings. The van der Waals surface area contributed by atoms with Gasteiger partial charge in [-0.2, -0.15) is 0 Å². The molecule has 0 aliphatic carbocycles. The fourth-order valence-corrected chi connectivity index (χ4v) is 2.74. The third-order valence-corrected chi connectivity index (χ3v) is 3.94. The standard InChI is InChI=1S/C16H23N3O2/c1-4-18(5-2)10-7-11-19-12(3)17-14-9-6-8-13(15(14)19)16(20)21/h6,8-9H,4-5,7,10-11H2,1-3H3,(H,20,21). The quantitative estimate of drug-likeness (QED) is 0.851. The van der Waals surface area contributed by atoms with Gasteiger partial charge >= 0.3 is 5.97 Å². The topological polar surface area (TPSA) is 58.4 Å². The summed E-state index contributed by atoms with van der Waals surface area (Å²) in [5.41, 5.74) is 1.83. The Labute approximate surface area is 125 Å². The van der Waals surface area contributed by atoms with Gasteiger partial charge in [0.05, 0.1) is 16.6 Å². The Hall–Kier alpha value is -1.88. The molecule has 0 saturated carbocycles. The summed E-state index contributed by atoms with van der Waals surface area (Å²) in [4.78, 5) is 18.2. The lowest BCUT2D eigenvalue weighted by Crippen LogP contribution is -2.25. The Morgan fingerprint density at radius 2 is 2.05 bits per heavy atom. The molecule has 1 heterocycles. The van der Waals surface area contributed by atoms with Crippen molar-refractivity contribution >= 4 is 17.0 Å². The number of nitrogens with zero attached hydrogens (tertiary/aromatic N) is 3. The van der Waals surface area contributed by atoms with Crippen LogP contribution in [0.4, 0.5) is 0 Å². The monoisotopic (exact) mass is 289 g/mol. The predicted octanol–water partition coefficient (Wildman–Crippen LogP) is 2.77. The van der Waals surface area contributed by atoms with Crippen molar-refractivity contribution in [3.05, 3.63) is 29.6 Å². The number of benzene rings is 1. The number of carbonyl (C=O) groups is 1. The van der Waals surface area contributed by atoms with Crippen molar-refractivity contribution < 1.29 is 9.90 Å². The first-order valence-electron chi connectivity index (χ1n) is 7.50. The lowest BCUT2D eigenvalue weighted by Gasteiger charge is -2.18. The minimum Gasteiger partial charge on any atom is -0.478 e. The van der Waals surface area contributed by atoms with Crippen molar-refractivity contribution in [3.8, 4) is 0 Å². The first kappa shape index (κ1) is 15.5. The van der Waals surface area contributed by atoms with E-state index in [1.54, 1.807) is 12.1 Å². The molecule has 0 radical (unpaired) electrons. The number of carboxylic acids is 1. The van der Waals surface area contributed by atoms with Gasteiger partial charge in [0.2, 0.25) is 0 Å². The highest BCUT2D eigenvalue weighted by Gasteiger charge is 2.15. The zero-order valence-electron chi connectivity index (χ0n) is 13.0. The summed E-state index contributed by atoms with van der Waals surface area (Å²) in [6.45, 7) is 10.1. The van der Waals surface area contributed by atoms with Crippen molar-refractivity contribution in [1.29, 1.82) is 0 Å². The zero-order valence-corrected chi connectivity index (χ0v) is 13.0. The summed E-state index contributed by atoms with van der Waals surface area (Å²) in [5, 5.41) is 9.36. The van der Waals surface area contributed by atoms with E-state index in [2.05, 4.69) is 23.7 Å². The minimum absolute atomic E-state index is 0.330. The van der Waals surface area contributed by atoms with Crippen LogP contribution in [0.3, 0.4) is 0 Å². The predicted molar refractivity (Wildman–Crippen MR) is 83.8 cm³/mol. The van der Waals surface area contributed by atoms with Crippen LogP contribution in [0.1, 0.15) is 36.5 Å². The van der Waals surface area contributed by atoms with Gasteiger partial charge in [-0.15, -0.1) is 0 Å². The number of aromatic nitrogens is 2. The third kappa shape index (κ3) is 3.24. The van der Waals surface area contributed by atoms with E-state index in [1.165, 1.54) is 0 Å². The molecule has 1 aromatic heterocycles. The van der Waals surface area contributed by atoms with Crippen molar-refractivity contribution in [2.24, 2.45) is 0 Å². The molecule has 0 fully saturated rings. The molecule has 21 heavy (non-hydrogen) atoms. The number of carboxylic acid groups (broad SMARTS) is 1. The molecule has 5 nitrogen and oxygen atoms in total. The number of aromatic carboxylic acids is 1. The number of para-hydroxylation sites is 1.